The zero-order valence-corrected chi connectivity index (χ0v) is 12.5. The molecule has 8 heteroatoms. The van der Waals surface area contributed by atoms with E-state index >= 15 is 0 Å². The molecule has 1 N–H and O–H groups in total. The van der Waals surface area contributed by atoms with Crippen molar-refractivity contribution in [2.75, 3.05) is 0 Å². The van der Waals surface area contributed by atoms with Gasteiger partial charge < -0.3 is 5.32 Å². The van der Waals surface area contributed by atoms with E-state index in [0.29, 0.717) is 20.8 Å². The molecular weight excluding hydrogens is 325 g/mol. The van der Waals surface area contributed by atoms with Gasteiger partial charge in [-0.05, 0) is 6.07 Å². The lowest BCUT2D eigenvalue weighted by Crippen LogP contribution is -2.22. The van der Waals surface area contributed by atoms with Gasteiger partial charge in [-0.25, -0.2) is 4.98 Å². The average molecular weight is 332 g/mol. The SMILES string of the molecule is O=C(NCc1cn2ccsc2n1)c1cc(Cl)sc1Cl. The number of nitrogens with zero attached hydrogens (tertiary/aromatic N) is 2. The fraction of sp³-hybridized carbons (Fsp3) is 0.0909. The topological polar surface area (TPSA) is 46.4 Å². The molecule has 0 bridgehead atoms. The summed E-state index contributed by atoms with van der Waals surface area (Å²) < 4.78 is 2.81. The molecule has 3 heterocycles. The number of rotatable bonds is 3. The predicted octanol–water partition coefficient (Wildman–Crippen LogP) is 3.69. The van der Waals surface area contributed by atoms with E-state index in [-0.39, 0.29) is 5.91 Å². The van der Waals surface area contributed by atoms with Gasteiger partial charge >= 0.3 is 0 Å². The molecule has 0 spiro atoms. The van der Waals surface area contributed by atoms with Crippen LogP contribution in [-0.4, -0.2) is 15.3 Å². The van der Waals surface area contributed by atoms with Crippen molar-refractivity contribution in [3.8, 4) is 0 Å². The number of amides is 1. The van der Waals surface area contributed by atoms with Crippen LogP contribution in [0.15, 0.2) is 23.8 Å². The lowest BCUT2D eigenvalue weighted by atomic mass is 10.3. The van der Waals surface area contributed by atoms with Gasteiger partial charge in [0, 0.05) is 17.8 Å². The number of hydrogen-bond acceptors (Lipinski definition) is 4. The second-order valence-corrected chi connectivity index (χ2v) is 6.90. The molecular formula is C11H7Cl2N3OS2. The molecule has 0 atom stereocenters. The Hall–Kier alpha value is -1.08. The van der Waals surface area contributed by atoms with E-state index in [2.05, 4.69) is 10.3 Å². The summed E-state index contributed by atoms with van der Waals surface area (Å²) >= 11 is 14.5. The number of aromatic nitrogens is 2. The number of halogens is 2. The normalized spacial score (nSPS) is 11.1. The smallest absolute Gasteiger partial charge is 0.254 e. The number of thiophene rings is 1. The van der Waals surface area contributed by atoms with Gasteiger partial charge in [0.25, 0.3) is 5.91 Å². The first kappa shape index (κ1) is 12.9. The minimum absolute atomic E-state index is 0.246. The number of imidazole rings is 1. The van der Waals surface area contributed by atoms with E-state index in [0.717, 1.165) is 10.7 Å². The Morgan fingerprint density at radius 3 is 3.00 bits per heavy atom. The second-order valence-electron chi connectivity index (χ2n) is 3.75. The van der Waals surface area contributed by atoms with Crippen LogP contribution in [-0.2, 0) is 6.54 Å². The highest BCUT2D eigenvalue weighted by Gasteiger charge is 2.14. The molecule has 3 aromatic heterocycles. The Morgan fingerprint density at radius 2 is 2.32 bits per heavy atom. The van der Waals surface area contributed by atoms with E-state index < -0.39 is 0 Å². The maximum absolute atomic E-state index is 11.9. The van der Waals surface area contributed by atoms with Gasteiger partial charge in [-0.15, -0.1) is 22.7 Å². The number of carbonyl (C=O) groups is 1. The third kappa shape index (κ3) is 2.62. The molecule has 4 nitrogen and oxygen atoms in total. The van der Waals surface area contributed by atoms with E-state index in [1.54, 1.807) is 17.4 Å². The molecule has 3 aromatic rings. The summed E-state index contributed by atoms with van der Waals surface area (Å²) in [5.74, 6) is -0.246. The van der Waals surface area contributed by atoms with Crippen molar-refractivity contribution in [1.29, 1.82) is 0 Å². The second kappa shape index (κ2) is 5.13. The lowest BCUT2D eigenvalue weighted by molar-refractivity contribution is 0.0951. The number of hydrogen-bond donors (Lipinski definition) is 1. The average Bonchev–Trinajstić information content (AvgIpc) is 3.00. The van der Waals surface area contributed by atoms with Gasteiger partial charge in [-0.1, -0.05) is 23.2 Å². The molecule has 0 saturated heterocycles. The third-order valence-corrected chi connectivity index (χ3v) is 4.73. The zero-order valence-electron chi connectivity index (χ0n) is 9.39. The lowest BCUT2D eigenvalue weighted by Gasteiger charge is -2.01. The third-order valence-electron chi connectivity index (χ3n) is 2.47. The van der Waals surface area contributed by atoms with Gasteiger partial charge in [-0.2, -0.15) is 0 Å². The molecule has 19 heavy (non-hydrogen) atoms. The molecule has 0 radical (unpaired) electrons. The monoisotopic (exact) mass is 331 g/mol. The van der Waals surface area contributed by atoms with Gasteiger partial charge in [-0.3, -0.25) is 9.20 Å². The van der Waals surface area contributed by atoms with E-state index in [9.17, 15) is 4.79 Å². The Bertz CT molecular complexity index is 718. The molecule has 0 fully saturated rings. The van der Waals surface area contributed by atoms with Crippen molar-refractivity contribution < 1.29 is 4.79 Å². The molecule has 0 aliphatic heterocycles. The van der Waals surface area contributed by atoms with Crippen LogP contribution in [0.2, 0.25) is 8.67 Å². The summed E-state index contributed by atoms with van der Waals surface area (Å²) in [7, 11) is 0. The van der Waals surface area contributed by atoms with Gasteiger partial charge in [0.15, 0.2) is 4.96 Å². The molecule has 0 aromatic carbocycles. The first-order valence-corrected chi connectivity index (χ1v) is 7.73. The summed E-state index contributed by atoms with van der Waals surface area (Å²) in [6, 6.07) is 1.57. The Morgan fingerprint density at radius 1 is 1.47 bits per heavy atom. The van der Waals surface area contributed by atoms with Crippen LogP contribution < -0.4 is 5.32 Å². The largest absolute Gasteiger partial charge is 0.346 e. The highest BCUT2D eigenvalue weighted by Crippen LogP contribution is 2.30. The first-order chi connectivity index (χ1) is 9.13. The molecule has 0 unspecified atom stereocenters. The van der Waals surface area contributed by atoms with Crippen LogP contribution >= 0.6 is 45.9 Å². The van der Waals surface area contributed by atoms with Gasteiger partial charge in [0.1, 0.15) is 4.34 Å². The predicted molar refractivity (Wildman–Crippen MR) is 78.6 cm³/mol. The fourth-order valence-electron chi connectivity index (χ4n) is 1.62. The number of thiazole rings is 1. The van der Waals surface area contributed by atoms with E-state index in [1.807, 2.05) is 22.2 Å². The molecule has 1 amide bonds. The number of nitrogens with one attached hydrogen (secondary N) is 1. The molecule has 3 rings (SSSR count). The minimum Gasteiger partial charge on any atom is -0.346 e. The van der Waals surface area contributed by atoms with Crippen LogP contribution in [0.1, 0.15) is 16.1 Å². The van der Waals surface area contributed by atoms with Crippen LogP contribution in [0.4, 0.5) is 0 Å². The fourth-order valence-corrected chi connectivity index (χ4v) is 3.80. The quantitative estimate of drug-likeness (QED) is 0.795. The van der Waals surface area contributed by atoms with Gasteiger partial charge in [0.05, 0.1) is 22.1 Å². The summed E-state index contributed by atoms with van der Waals surface area (Å²) in [6.45, 7) is 0.358. The maximum Gasteiger partial charge on any atom is 0.254 e. The van der Waals surface area contributed by atoms with Crippen molar-refractivity contribution in [3.63, 3.8) is 0 Å². The zero-order chi connectivity index (χ0) is 13.4. The van der Waals surface area contributed by atoms with Crippen LogP contribution in [0.5, 0.6) is 0 Å². The standard InChI is InChI=1S/C11H7Cl2N3OS2/c12-8-3-7(9(13)19-8)10(17)14-4-6-5-16-1-2-18-11(16)15-6/h1-3,5H,4H2,(H,14,17). The van der Waals surface area contributed by atoms with Gasteiger partial charge in [0.2, 0.25) is 0 Å². The van der Waals surface area contributed by atoms with Crippen molar-refractivity contribution in [2.24, 2.45) is 0 Å². The van der Waals surface area contributed by atoms with Crippen molar-refractivity contribution in [2.45, 2.75) is 6.54 Å². The highest BCUT2D eigenvalue weighted by molar-refractivity contribution is 7.20. The summed E-state index contributed by atoms with van der Waals surface area (Å²) in [6.07, 6.45) is 3.81. The highest BCUT2D eigenvalue weighted by atomic mass is 35.5. The number of carbonyl (C=O) groups excluding carboxylic acids is 1. The summed E-state index contributed by atoms with van der Waals surface area (Å²) in [5, 5.41) is 4.73. The number of fused-ring (bicyclic) bond motifs is 1. The molecule has 98 valence electrons. The van der Waals surface area contributed by atoms with E-state index in [4.69, 9.17) is 23.2 Å². The summed E-state index contributed by atoms with van der Waals surface area (Å²) in [4.78, 5) is 17.2. The van der Waals surface area contributed by atoms with Crippen molar-refractivity contribution in [1.82, 2.24) is 14.7 Å². The Balaban J connectivity index is 1.70. The van der Waals surface area contributed by atoms with Crippen molar-refractivity contribution >= 4 is 56.7 Å². The summed E-state index contributed by atoms with van der Waals surface area (Å²) in [5.41, 5.74) is 1.20. The van der Waals surface area contributed by atoms with Crippen LogP contribution in [0.25, 0.3) is 4.96 Å². The first-order valence-electron chi connectivity index (χ1n) is 5.27. The molecule has 0 aliphatic rings. The van der Waals surface area contributed by atoms with Crippen LogP contribution in [0.3, 0.4) is 0 Å². The Labute approximate surface area is 126 Å². The molecule has 0 saturated carbocycles. The minimum atomic E-state index is -0.246. The Kier molecular flexibility index (Phi) is 3.49. The van der Waals surface area contributed by atoms with Crippen molar-refractivity contribution in [3.05, 3.63) is 43.8 Å². The van der Waals surface area contributed by atoms with Crippen LogP contribution in [0, 0.1) is 0 Å². The van der Waals surface area contributed by atoms with E-state index in [1.165, 1.54) is 11.3 Å². The maximum atomic E-state index is 11.9. The molecule has 0 aliphatic carbocycles.